The zero-order chi connectivity index (χ0) is 25.2. The van der Waals surface area contributed by atoms with E-state index in [0.29, 0.717) is 11.8 Å². The van der Waals surface area contributed by atoms with Crippen LogP contribution in [0.25, 0.3) is 0 Å². The van der Waals surface area contributed by atoms with Crippen LogP contribution in [0.2, 0.25) is 0 Å². The largest absolute Gasteiger partial charge is 0.402 e. The van der Waals surface area contributed by atoms with E-state index < -0.39 is 0 Å². The molecule has 3 rings (SSSR count). The Morgan fingerprint density at radius 3 is 2.44 bits per heavy atom. The average molecular weight is 458 g/mol. The predicted molar refractivity (Wildman–Crippen MR) is 149 cm³/mol. The summed E-state index contributed by atoms with van der Waals surface area (Å²) in [6.07, 6.45) is 18.6. The Labute approximate surface area is 210 Å². The van der Waals surface area contributed by atoms with E-state index in [4.69, 9.17) is 12.2 Å². The van der Waals surface area contributed by atoms with Gasteiger partial charge in [-0.15, -0.1) is 13.0 Å². The van der Waals surface area contributed by atoms with E-state index >= 15 is 0 Å². The Hall–Kier alpha value is -2.20. The Balaban J connectivity index is 2.13. The summed E-state index contributed by atoms with van der Waals surface area (Å²) < 4.78 is 0. The second kappa shape index (κ2) is 10.6. The van der Waals surface area contributed by atoms with Crippen molar-refractivity contribution in [2.24, 2.45) is 34.8 Å². The molecule has 0 radical (unpaired) electrons. The molecule has 0 aromatic rings. The molecule has 3 aliphatic rings. The molecule has 34 heavy (non-hydrogen) atoms. The van der Waals surface area contributed by atoms with Gasteiger partial charge in [0.15, 0.2) is 0 Å². The molecule has 0 aromatic carbocycles. The van der Waals surface area contributed by atoms with Crippen LogP contribution in [-0.2, 0) is 0 Å². The van der Waals surface area contributed by atoms with Gasteiger partial charge in [0.2, 0.25) is 0 Å². The van der Waals surface area contributed by atoms with Crippen LogP contribution in [0, 0.1) is 41.4 Å². The fraction of sp³-hybridized carbons (Fsp3) is 0.576. The molecule has 0 spiro atoms. The first kappa shape index (κ1) is 26.4. The van der Waals surface area contributed by atoms with Gasteiger partial charge in [-0.25, -0.2) is 0 Å². The molecule has 0 amide bonds. The summed E-state index contributed by atoms with van der Waals surface area (Å²) in [5.41, 5.74) is 17.0. The topological polar surface area (TPSA) is 26.0 Å². The van der Waals surface area contributed by atoms with Crippen molar-refractivity contribution in [3.05, 3.63) is 70.5 Å². The number of terminal acetylenes is 1. The monoisotopic (exact) mass is 457 g/mol. The van der Waals surface area contributed by atoms with Gasteiger partial charge in [-0.3, -0.25) is 0 Å². The van der Waals surface area contributed by atoms with Gasteiger partial charge in [-0.05, 0) is 105 Å². The summed E-state index contributed by atoms with van der Waals surface area (Å²) in [7, 11) is 0. The second-order valence-electron chi connectivity index (χ2n) is 11.6. The third kappa shape index (κ3) is 4.79. The molecule has 0 saturated heterocycles. The smallest absolute Gasteiger partial charge is 0.0444 e. The molecular formula is C33H47N. The fourth-order valence-electron chi connectivity index (χ4n) is 7.50. The van der Waals surface area contributed by atoms with Crippen LogP contribution in [0.3, 0.4) is 0 Å². The van der Waals surface area contributed by atoms with E-state index in [-0.39, 0.29) is 11.3 Å². The first-order chi connectivity index (χ1) is 16.1. The quantitative estimate of drug-likeness (QED) is 0.231. The first-order valence-corrected chi connectivity index (χ1v) is 13.3. The Bertz CT molecular complexity index is 984. The minimum atomic E-state index is 0.105. The standard InChI is InChI=1S/C33H47N/c1-10-12-17-31(34)29-19-30(26-15-13-14-16-26)33(9)20-27(18-22(5)23(6)21(3)4)28(11-2)24(7)32(33)25(29)8/h2,10,26-28,30H,1,3,8,12-20,34H2,4-7,9H3/b23-22+,31-29-. The van der Waals surface area contributed by atoms with Crippen LogP contribution < -0.4 is 5.73 Å². The van der Waals surface area contributed by atoms with Crippen LogP contribution in [0.15, 0.2) is 70.5 Å². The second-order valence-corrected chi connectivity index (χ2v) is 11.6. The predicted octanol–water partition coefficient (Wildman–Crippen LogP) is 8.83. The highest BCUT2D eigenvalue weighted by Gasteiger charge is 2.52. The molecule has 0 bridgehead atoms. The van der Waals surface area contributed by atoms with Crippen LogP contribution in [0.5, 0.6) is 0 Å². The lowest BCUT2D eigenvalue weighted by atomic mass is 9.49. The summed E-state index contributed by atoms with van der Waals surface area (Å²) in [5.74, 6) is 5.17. The lowest BCUT2D eigenvalue weighted by molar-refractivity contribution is 0.0949. The summed E-state index contributed by atoms with van der Waals surface area (Å²) in [4.78, 5) is 0. The van der Waals surface area contributed by atoms with Gasteiger partial charge in [0.25, 0.3) is 0 Å². The SMILES string of the molecule is C#CC1C(C)=C2C(=C)/C(=C(\N)CCC=C)CC(C3CCCC3)C2(C)CC1C/C(C)=C(\C)C(=C)C. The number of fused-ring (bicyclic) bond motifs is 1. The van der Waals surface area contributed by atoms with E-state index in [0.717, 1.165) is 49.3 Å². The maximum Gasteiger partial charge on any atom is 0.0444 e. The lowest BCUT2D eigenvalue weighted by Gasteiger charge is -2.54. The summed E-state index contributed by atoms with van der Waals surface area (Å²) in [5, 5.41) is 0. The van der Waals surface area contributed by atoms with E-state index in [1.807, 2.05) is 6.08 Å². The molecule has 184 valence electrons. The van der Waals surface area contributed by atoms with Crippen LogP contribution in [-0.4, -0.2) is 0 Å². The summed E-state index contributed by atoms with van der Waals surface area (Å²) in [6, 6.07) is 0. The minimum absolute atomic E-state index is 0.105. The number of hydrogen-bond acceptors (Lipinski definition) is 1. The number of rotatable bonds is 7. The van der Waals surface area contributed by atoms with Crippen LogP contribution >= 0.6 is 0 Å². The van der Waals surface area contributed by atoms with E-state index in [1.165, 1.54) is 59.1 Å². The third-order valence-electron chi connectivity index (χ3n) is 9.50. The molecule has 2 saturated carbocycles. The van der Waals surface area contributed by atoms with Crippen molar-refractivity contribution in [3.63, 3.8) is 0 Å². The van der Waals surface area contributed by atoms with E-state index in [2.05, 4.69) is 60.3 Å². The first-order valence-electron chi connectivity index (χ1n) is 13.3. The molecule has 0 aromatic heterocycles. The maximum absolute atomic E-state index is 6.71. The van der Waals surface area contributed by atoms with Gasteiger partial charge in [0.05, 0.1) is 0 Å². The van der Waals surface area contributed by atoms with Gasteiger partial charge in [0.1, 0.15) is 0 Å². The van der Waals surface area contributed by atoms with Gasteiger partial charge >= 0.3 is 0 Å². The molecule has 1 nitrogen and oxygen atoms in total. The van der Waals surface area contributed by atoms with Gasteiger partial charge in [-0.1, -0.05) is 74.5 Å². The van der Waals surface area contributed by atoms with Crippen molar-refractivity contribution in [3.8, 4) is 12.3 Å². The maximum atomic E-state index is 6.71. The number of hydrogen-bond donors (Lipinski definition) is 1. The van der Waals surface area contributed by atoms with Crippen molar-refractivity contribution in [1.82, 2.24) is 0 Å². The average Bonchev–Trinajstić information content (AvgIpc) is 3.31. The molecule has 2 N–H and O–H groups in total. The van der Waals surface area contributed by atoms with Crippen LogP contribution in [0.4, 0.5) is 0 Å². The Morgan fingerprint density at radius 1 is 1.24 bits per heavy atom. The van der Waals surface area contributed by atoms with Crippen LogP contribution in [0.1, 0.15) is 92.4 Å². The van der Waals surface area contributed by atoms with Crippen molar-refractivity contribution in [1.29, 1.82) is 0 Å². The third-order valence-corrected chi connectivity index (χ3v) is 9.50. The summed E-state index contributed by atoms with van der Waals surface area (Å²) in [6.45, 7) is 24.1. The lowest BCUT2D eigenvalue weighted by Crippen LogP contribution is -2.45. The van der Waals surface area contributed by atoms with Crippen molar-refractivity contribution in [2.75, 3.05) is 0 Å². The highest BCUT2D eigenvalue weighted by Crippen LogP contribution is 2.62. The van der Waals surface area contributed by atoms with Gasteiger partial charge < -0.3 is 5.73 Å². The van der Waals surface area contributed by atoms with Crippen molar-refractivity contribution in [2.45, 2.75) is 92.4 Å². The highest BCUT2D eigenvalue weighted by atomic mass is 14.6. The molecule has 1 heteroatoms. The molecule has 4 atom stereocenters. The molecule has 0 heterocycles. The van der Waals surface area contributed by atoms with E-state index in [1.54, 1.807) is 0 Å². The fourth-order valence-corrected chi connectivity index (χ4v) is 7.50. The summed E-state index contributed by atoms with van der Waals surface area (Å²) >= 11 is 0. The van der Waals surface area contributed by atoms with Crippen molar-refractivity contribution >= 4 is 0 Å². The molecule has 3 aliphatic carbocycles. The van der Waals surface area contributed by atoms with Gasteiger partial charge in [-0.2, -0.15) is 0 Å². The Kier molecular flexibility index (Phi) is 8.23. The zero-order valence-electron chi connectivity index (χ0n) is 22.5. The van der Waals surface area contributed by atoms with Gasteiger partial charge in [0, 0.05) is 11.6 Å². The minimum Gasteiger partial charge on any atom is -0.402 e. The Morgan fingerprint density at radius 2 is 1.88 bits per heavy atom. The highest BCUT2D eigenvalue weighted by molar-refractivity contribution is 5.57. The van der Waals surface area contributed by atoms with Crippen molar-refractivity contribution < 1.29 is 0 Å². The molecule has 4 unspecified atom stereocenters. The normalized spacial score (nSPS) is 32.1. The molecular weight excluding hydrogens is 410 g/mol. The number of nitrogens with two attached hydrogens (primary N) is 1. The molecule has 0 aliphatic heterocycles. The number of allylic oxidation sites excluding steroid dienone is 9. The molecule has 2 fully saturated rings. The van der Waals surface area contributed by atoms with E-state index in [9.17, 15) is 0 Å². The zero-order valence-corrected chi connectivity index (χ0v) is 22.5.